The van der Waals surface area contributed by atoms with Crippen molar-refractivity contribution in [2.45, 2.75) is 58.6 Å². The van der Waals surface area contributed by atoms with Gasteiger partial charge in [0.15, 0.2) is 0 Å². The number of hydrogen-bond donors (Lipinski definition) is 1. The number of nitrogens with one attached hydrogen (secondary N) is 1. The van der Waals surface area contributed by atoms with Crippen LogP contribution >= 0.6 is 0 Å². The topological polar surface area (TPSA) is 79.0 Å². The maximum absolute atomic E-state index is 12.4. The van der Waals surface area contributed by atoms with Gasteiger partial charge in [-0.15, -0.1) is 0 Å². The Morgan fingerprint density at radius 1 is 1.28 bits per heavy atom. The molecular weight excluding hydrogens is 322 g/mol. The van der Waals surface area contributed by atoms with E-state index in [4.69, 9.17) is 4.74 Å². The normalized spacial score (nSPS) is 15.4. The van der Waals surface area contributed by atoms with Crippen LogP contribution in [0.3, 0.4) is 0 Å². The Labute approximate surface area is 150 Å². The SMILES string of the molecule is C=CC(=O)NCCC(=O)N(CC)C1CCN(C(=O)OC(C)(C)C)CC1. The van der Waals surface area contributed by atoms with Gasteiger partial charge >= 0.3 is 6.09 Å². The lowest BCUT2D eigenvalue weighted by Gasteiger charge is -2.38. The molecule has 0 atom stereocenters. The van der Waals surface area contributed by atoms with E-state index in [1.807, 2.05) is 32.6 Å². The Kier molecular flexibility index (Phi) is 7.93. The molecule has 0 aromatic heterocycles. The summed E-state index contributed by atoms with van der Waals surface area (Å²) in [6.45, 7) is 12.9. The summed E-state index contributed by atoms with van der Waals surface area (Å²) in [5, 5.41) is 2.61. The third kappa shape index (κ3) is 7.15. The van der Waals surface area contributed by atoms with Crippen molar-refractivity contribution in [2.24, 2.45) is 0 Å². The minimum atomic E-state index is -0.505. The summed E-state index contributed by atoms with van der Waals surface area (Å²) in [7, 11) is 0. The Balaban J connectivity index is 2.47. The molecule has 1 rings (SSSR count). The van der Waals surface area contributed by atoms with E-state index in [0.29, 0.717) is 26.2 Å². The van der Waals surface area contributed by atoms with Crippen molar-refractivity contribution in [3.8, 4) is 0 Å². The first-order valence-corrected chi connectivity index (χ1v) is 8.85. The highest BCUT2D eigenvalue weighted by Crippen LogP contribution is 2.19. The second-order valence-corrected chi connectivity index (χ2v) is 7.12. The van der Waals surface area contributed by atoms with Gasteiger partial charge in [-0.25, -0.2) is 4.79 Å². The zero-order valence-electron chi connectivity index (χ0n) is 15.8. The van der Waals surface area contributed by atoms with Gasteiger partial charge in [-0.3, -0.25) is 9.59 Å². The summed E-state index contributed by atoms with van der Waals surface area (Å²) in [5.74, 6) is -0.260. The molecule has 0 aromatic rings. The van der Waals surface area contributed by atoms with Crippen molar-refractivity contribution < 1.29 is 19.1 Å². The van der Waals surface area contributed by atoms with Gasteiger partial charge in [0, 0.05) is 38.6 Å². The fourth-order valence-corrected chi connectivity index (χ4v) is 2.83. The van der Waals surface area contributed by atoms with Crippen LogP contribution in [0.2, 0.25) is 0 Å². The summed E-state index contributed by atoms with van der Waals surface area (Å²) in [6, 6.07) is 0.117. The van der Waals surface area contributed by atoms with Crippen LogP contribution in [0.1, 0.15) is 47.0 Å². The molecule has 1 heterocycles. The fraction of sp³-hybridized carbons (Fsp3) is 0.722. The molecule has 1 aliphatic rings. The Morgan fingerprint density at radius 3 is 2.36 bits per heavy atom. The average molecular weight is 353 g/mol. The van der Waals surface area contributed by atoms with Crippen molar-refractivity contribution in [2.75, 3.05) is 26.2 Å². The number of likely N-dealkylation sites (tertiary alicyclic amines) is 1. The Hall–Kier alpha value is -2.05. The highest BCUT2D eigenvalue weighted by molar-refractivity contribution is 5.87. The third-order valence-corrected chi connectivity index (χ3v) is 4.04. The van der Waals surface area contributed by atoms with Gasteiger partial charge in [0.25, 0.3) is 0 Å². The van der Waals surface area contributed by atoms with E-state index in [0.717, 1.165) is 12.8 Å². The first kappa shape index (κ1) is 21.0. The van der Waals surface area contributed by atoms with E-state index in [9.17, 15) is 14.4 Å². The van der Waals surface area contributed by atoms with E-state index < -0.39 is 5.60 Å². The number of nitrogens with zero attached hydrogens (tertiary/aromatic N) is 2. The van der Waals surface area contributed by atoms with Crippen LogP contribution in [0.4, 0.5) is 4.79 Å². The minimum absolute atomic E-state index is 0.0163. The van der Waals surface area contributed by atoms with Crippen molar-refractivity contribution in [1.82, 2.24) is 15.1 Å². The smallest absolute Gasteiger partial charge is 0.410 e. The lowest BCUT2D eigenvalue weighted by atomic mass is 10.0. The number of piperidine rings is 1. The lowest BCUT2D eigenvalue weighted by molar-refractivity contribution is -0.134. The summed E-state index contributed by atoms with van der Waals surface area (Å²) < 4.78 is 5.39. The zero-order valence-corrected chi connectivity index (χ0v) is 15.8. The van der Waals surface area contributed by atoms with Crippen molar-refractivity contribution >= 4 is 17.9 Å². The van der Waals surface area contributed by atoms with E-state index in [1.54, 1.807) is 4.90 Å². The predicted octanol–water partition coefficient (Wildman–Crippen LogP) is 1.93. The second kappa shape index (κ2) is 9.44. The number of rotatable bonds is 6. The third-order valence-electron chi connectivity index (χ3n) is 4.04. The van der Waals surface area contributed by atoms with Crippen molar-refractivity contribution in [1.29, 1.82) is 0 Å². The number of carbonyl (C=O) groups excluding carboxylic acids is 3. The van der Waals surface area contributed by atoms with Gasteiger partial charge in [-0.1, -0.05) is 6.58 Å². The van der Waals surface area contributed by atoms with Crippen LogP contribution in [0.15, 0.2) is 12.7 Å². The van der Waals surface area contributed by atoms with Crippen LogP contribution in [-0.4, -0.2) is 65.5 Å². The average Bonchev–Trinajstić information content (AvgIpc) is 2.54. The van der Waals surface area contributed by atoms with Gasteiger partial charge in [-0.2, -0.15) is 0 Å². The van der Waals surface area contributed by atoms with Gasteiger partial charge in [0.05, 0.1) is 0 Å². The molecule has 1 fully saturated rings. The largest absolute Gasteiger partial charge is 0.444 e. The van der Waals surface area contributed by atoms with Crippen LogP contribution in [0, 0.1) is 0 Å². The molecule has 0 radical (unpaired) electrons. The van der Waals surface area contributed by atoms with Crippen LogP contribution < -0.4 is 5.32 Å². The van der Waals surface area contributed by atoms with E-state index in [1.165, 1.54) is 6.08 Å². The molecule has 0 unspecified atom stereocenters. The van der Waals surface area contributed by atoms with Gasteiger partial charge in [-0.05, 0) is 46.6 Å². The van der Waals surface area contributed by atoms with Crippen LogP contribution in [-0.2, 0) is 14.3 Å². The maximum Gasteiger partial charge on any atom is 0.410 e. The van der Waals surface area contributed by atoms with Crippen LogP contribution in [0.25, 0.3) is 0 Å². The number of ether oxygens (including phenoxy) is 1. The molecule has 1 N–H and O–H groups in total. The molecule has 0 aliphatic carbocycles. The monoisotopic (exact) mass is 353 g/mol. The molecule has 1 saturated heterocycles. The maximum atomic E-state index is 12.4. The summed E-state index contributed by atoms with van der Waals surface area (Å²) >= 11 is 0. The first-order chi connectivity index (χ1) is 11.7. The molecule has 3 amide bonds. The van der Waals surface area contributed by atoms with E-state index >= 15 is 0 Å². The first-order valence-electron chi connectivity index (χ1n) is 8.85. The number of carbonyl (C=O) groups is 3. The Bertz CT molecular complexity index is 491. The van der Waals surface area contributed by atoms with E-state index in [-0.39, 0.29) is 30.4 Å². The highest BCUT2D eigenvalue weighted by atomic mass is 16.6. The van der Waals surface area contributed by atoms with Crippen LogP contribution in [0.5, 0.6) is 0 Å². The predicted molar refractivity (Wildman–Crippen MR) is 96.0 cm³/mol. The molecule has 7 heteroatoms. The molecule has 0 aromatic carbocycles. The molecule has 1 aliphatic heterocycles. The standard InChI is InChI=1S/C18H31N3O4/c1-6-15(22)19-11-8-16(23)21(7-2)14-9-12-20(13-10-14)17(24)25-18(3,4)5/h6,14H,1,7-13H2,2-5H3,(H,19,22). The molecule has 0 spiro atoms. The van der Waals surface area contributed by atoms with E-state index in [2.05, 4.69) is 11.9 Å². The zero-order chi connectivity index (χ0) is 19.0. The van der Waals surface area contributed by atoms with Gasteiger partial charge < -0.3 is 19.9 Å². The molecule has 7 nitrogen and oxygen atoms in total. The quantitative estimate of drug-likeness (QED) is 0.740. The molecule has 0 bridgehead atoms. The molecular formula is C18H31N3O4. The summed E-state index contributed by atoms with van der Waals surface area (Å²) in [6.07, 6.45) is 2.62. The van der Waals surface area contributed by atoms with Gasteiger partial charge in [0.2, 0.25) is 11.8 Å². The minimum Gasteiger partial charge on any atom is -0.444 e. The Morgan fingerprint density at radius 2 is 1.88 bits per heavy atom. The summed E-state index contributed by atoms with van der Waals surface area (Å²) in [5.41, 5.74) is -0.505. The highest BCUT2D eigenvalue weighted by Gasteiger charge is 2.30. The molecule has 0 saturated carbocycles. The number of amides is 3. The second-order valence-electron chi connectivity index (χ2n) is 7.12. The lowest BCUT2D eigenvalue weighted by Crippen LogP contribution is -2.50. The van der Waals surface area contributed by atoms with Gasteiger partial charge in [0.1, 0.15) is 5.60 Å². The fourth-order valence-electron chi connectivity index (χ4n) is 2.83. The molecule has 25 heavy (non-hydrogen) atoms. The van der Waals surface area contributed by atoms with Crippen molar-refractivity contribution in [3.05, 3.63) is 12.7 Å². The number of hydrogen-bond acceptors (Lipinski definition) is 4. The molecule has 142 valence electrons. The summed E-state index contributed by atoms with van der Waals surface area (Å²) in [4.78, 5) is 39.2. The van der Waals surface area contributed by atoms with Crippen molar-refractivity contribution in [3.63, 3.8) is 0 Å².